The fourth-order valence-electron chi connectivity index (χ4n) is 5.87. The molecule has 7 heteroatoms. The Morgan fingerprint density at radius 2 is 2.03 bits per heavy atom. The second-order valence-electron chi connectivity index (χ2n) is 10.2. The van der Waals surface area contributed by atoms with E-state index in [1.165, 1.54) is 31.4 Å². The van der Waals surface area contributed by atoms with Crippen LogP contribution in [0.3, 0.4) is 0 Å². The third kappa shape index (κ3) is 7.34. The zero-order valence-electron chi connectivity index (χ0n) is 20.9. The number of piperidine rings is 1. The number of carboxylic acids is 1. The summed E-state index contributed by atoms with van der Waals surface area (Å²) in [5, 5.41) is 22.2. The quantitative estimate of drug-likeness (QED) is 0.396. The zero-order chi connectivity index (χ0) is 24.6. The van der Waals surface area contributed by atoms with Gasteiger partial charge in [0.15, 0.2) is 0 Å². The minimum atomic E-state index is -0.713. The van der Waals surface area contributed by atoms with E-state index in [4.69, 9.17) is 4.74 Å². The molecule has 2 aromatic rings. The summed E-state index contributed by atoms with van der Waals surface area (Å²) in [6.45, 7) is 3.16. The summed E-state index contributed by atoms with van der Waals surface area (Å²) in [6.07, 6.45) is 10.3. The molecule has 6 nitrogen and oxygen atoms in total. The Morgan fingerprint density at radius 1 is 1.20 bits per heavy atom. The van der Waals surface area contributed by atoms with Gasteiger partial charge in [0.2, 0.25) is 0 Å². The summed E-state index contributed by atoms with van der Waals surface area (Å²) in [5.74, 6) is 2.04. The van der Waals surface area contributed by atoms with Crippen LogP contribution in [0.15, 0.2) is 30.5 Å². The number of benzene rings is 1. The number of rotatable bonds is 12. The lowest BCUT2D eigenvalue weighted by molar-refractivity contribution is -0.137. The molecule has 1 aliphatic carbocycles. The Kier molecular flexibility index (Phi) is 9.69. The maximum absolute atomic E-state index is 11.3. The van der Waals surface area contributed by atoms with Gasteiger partial charge in [-0.3, -0.25) is 9.78 Å². The van der Waals surface area contributed by atoms with E-state index in [9.17, 15) is 15.0 Å². The van der Waals surface area contributed by atoms with Crippen molar-refractivity contribution < 1.29 is 19.7 Å². The van der Waals surface area contributed by atoms with E-state index in [2.05, 4.69) is 21.6 Å². The van der Waals surface area contributed by atoms with E-state index in [1.807, 2.05) is 24.3 Å². The summed E-state index contributed by atoms with van der Waals surface area (Å²) in [6, 6.07) is 7.66. The van der Waals surface area contributed by atoms with Gasteiger partial charge < -0.3 is 19.8 Å². The molecule has 0 bridgehead atoms. The maximum atomic E-state index is 11.3. The molecule has 0 amide bonds. The van der Waals surface area contributed by atoms with Crippen LogP contribution in [-0.4, -0.2) is 63.8 Å². The number of nitrogens with zero attached hydrogens (tertiary/aromatic N) is 2. The number of aliphatic hydroxyl groups is 1. The standard InChI is InChI=1S/C28H40N2O4S/c1-34-22-8-9-26-25(18-22)24(12-14-29-26)27(31)10-6-20-13-15-30(19-21(20)7-11-28(32)33)16-17-35-23-4-2-3-5-23/h8-9,12,14,18,20-21,23,27,31H,2-7,10-11,13,15-17,19H2,1H3,(H,32,33)/t20?,21?,27-/m0/s1. The van der Waals surface area contributed by atoms with Gasteiger partial charge in [0.25, 0.3) is 0 Å². The van der Waals surface area contributed by atoms with E-state index >= 15 is 0 Å². The van der Waals surface area contributed by atoms with E-state index < -0.39 is 12.1 Å². The molecular formula is C28H40N2O4S. The topological polar surface area (TPSA) is 82.9 Å². The van der Waals surface area contributed by atoms with Crippen molar-refractivity contribution in [3.8, 4) is 5.75 Å². The number of hydrogen-bond donors (Lipinski definition) is 2. The molecule has 192 valence electrons. The number of likely N-dealkylation sites (tertiary alicyclic amines) is 1. The van der Waals surface area contributed by atoms with Gasteiger partial charge >= 0.3 is 5.97 Å². The van der Waals surface area contributed by atoms with Crippen LogP contribution in [0.2, 0.25) is 0 Å². The van der Waals surface area contributed by atoms with Gasteiger partial charge in [-0.2, -0.15) is 11.8 Å². The van der Waals surface area contributed by atoms with Gasteiger partial charge in [-0.1, -0.05) is 12.8 Å². The second kappa shape index (κ2) is 12.9. The van der Waals surface area contributed by atoms with Crippen LogP contribution in [0.4, 0.5) is 0 Å². The molecule has 35 heavy (non-hydrogen) atoms. The molecule has 2 heterocycles. The fourth-order valence-corrected chi connectivity index (χ4v) is 7.23. The third-order valence-corrected chi connectivity index (χ3v) is 9.28. The largest absolute Gasteiger partial charge is 0.497 e. The molecule has 1 aliphatic heterocycles. The number of pyridine rings is 1. The van der Waals surface area contributed by atoms with Crippen molar-refractivity contribution in [2.75, 3.05) is 32.5 Å². The predicted octanol–water partition coefficient (Wildman–Crippen LogP) is 5.54. The normalized spacial score (nSPS) is 22.5. The summed E-state index contributed by atoms with van der Waals surface area (Å²) in [7, 11) is 1.64. The minimum absolute atomic E-state index is 0.225. The number of aliphatic hydroxyl groups excluding tert-OH is 1. The fraction of sp³-hybridized carbons (Fsp3) is 0.643. The van der Waals surface area contributed by atoms with Crippen molar-refractivity contribution >= 4 is 28.6 Å². The Hall–Kier alpha value is -1.83. The molecule has 1 saturated carbocycles. The summed E-state index contributed by atoms with van der Waals surface area (Å²) in [4.78, 5) is 18.3. The lowest BCUT2D eigenvalue weighted by atomic mass is 9.79. The number of thioether (sulfide) groups is 1. The van der Waals surface area contributed by atoms with Gasteiger partial charge in [-0.25, -0.2) is 0 Å². The molecule has 1 aromatic heterocycles. The number of aliphatic carboxylic acids is 1. The van der Waals surface area contributed by atoms with E-state index in [1.54, 1.807) is 13.3 Å². The van der Waals surface area contributed by atoms with E-state index in [0.717, 1.165) is 66.4 Å². The lowest BCUT2D eigenvalue weighted by Crippen LogP contribution is -2.42. The Balaban J connectivity index is 1.34. The number of methoxy groups -OCH3 is 1. The maximum Gasteiger partial charge on any atom is 0.303 e. The Morgan fingerprint density at radius 3 is 2.80 bits per heavy atom. The van der Waals surface area contributed by atoms with Crippen LogP contribution >= 0.6 is 11.8 Å². The zero-order valence-corrected chi connectivity index (χ0v) is 21.7. The highest BCUT2D eigenvalue weighted by atomic mass is 32.2. The van der Waals surface area contributed by atoms with Crippen molar-refractivity contribution in [1.29, 1.82) is 0 Å². The first-order valence-corrected chi connectivity index (χ1v) is 14.2. The van der Waals surface area contributed by atoms with Gasteiger partial charge in [-0.15, -0.1) is 0 Å². The first-order chi connectivity index (χ1) is 17.0. The van der Waals surface area contributed by atoms with Gasteiger partial charge in [0, 0.05) is 42.1 Å². The molecule has 3 atom stereocenters. The van der Waals surface area contributed by atoms with Crippen LogP contribution in [0, 0.1) is 11.8 Å². The van der Waals surface area contributed by atoms with E-state index in [-0.39, 0.29) is 6.42 Å². The van der Waals surface area contributed by atoms with Crippen LogP contribution in [0.1, 0.15) is 69.5 Å². The number of carbonyl (C=O) groups is 1. The smallest absolute Gasteiger partial charge is 0.303 e. The summed E-state index contributed by atoms with van der Waals surface area (Å²) in [5.41, 5.74) is 1.74. The SMILES string of the molecule is COc1ccc2nccc([C@@H](O)CCC3CCN(CCSC4CCCC4)CC3CCC(=O)O)c2c1. The molecule has 0 spiro atoms. The van der Waals surface area contributed by atoms with Crippen LogP contribution < -0.4 is 4.74 Å². The lowest BCUT2D eigenvalue weighted by Gasteiger charge is -2.39. The molecule has 1 saturated heterocycles. The van der Waals surface area contributed by atoms with Crippen LogP contribution in [0.5, 0.6) is 5.75 Å². The molecule has 0 radical (unpaired) electrons. The van der Waals surface area contributed by atoms with Crippen molar-refractivity contribution in [1.82, 2.24) is 9.88 Å². The first kappa shape index (κ1) is 26.2. The average Bonchev–Trinajstić information content (AvgIpc) is 3.39. The first-order valence-electron chi connectivity index (χ1n) is 13.2. The molecule has 1 aromatic carbocycles. The highest BCUT2D eigenvalue weighted by Crippen LogP contribution is 2.36. The average molecular weight is 501 g/mol. The number of hydrogen-bond acceptors (Lipinski definition) is 6. The van der Waals surface area contributed by atoms with Crippen LogP contribution in [-0.2, 0) is 4.79 Å². The predicted molar refractivity (Wildman–Crippen MR) is 142 cm³/mol. The van der Waals surface area contributed by atoms with Crippen molar-refractivity contribution in [3.63, 3.8) is 0 Å². The van der Waals surface area contributed by atoms with Crippen molar-refractivity contribution in [2.45, 2.75) is 69.1 Å². The monoisotopic (exact) mass is 500 g/mol. The van der Waals surface area contributed by atoms with Gasteiger partial charge in [0.05, 0.1) is 18.7 Å². The minimum Gasteiger partial charge on any atom is -0.497 e. The Bertz CT molecular complexity index is 965. The molecule has 2 unspecified atom stereocenters. The van der Waals surface area contributed by atoms with Crippen molar-refractivity contribution in [2.24, 2.45) is 11.8 Å². The molecule has 2 aliphatic rings. The number of carboxylic acid groups (broad SMARTS) is 1. The Labute approximate surface area is 213 Å². The summed E-state index contributed by atoms with van der Waals surface area (Å²) >= 11 is 2.13. The number of ether oxygens (including phenoxy) is 1. The highest BCUT2D eigenvalue weighted by Gasteiger charge is 2.30. The highest BCUT2D eigenvalue weighted by molar-refractivity contribution is 7.99. The third-order valence-electron chi connectivity index (χ3n) is 7.92. The number of fused-ring (bicyclic) bond motifs is 1. The van der Waals surface area contributed by atoms with Gasteiger partial charge in [-0.05, 0) is 86.7 Å². The molecule has 2 N–H and O–H groups in total. The summed E-state index contributed by atoms with van der Waals surface area (Å²) < 4.78 is 5.38. The number of aromatic nitrogens is 1. The van der Waals surface area contributed by atoms with E-state index in [0.29, 0.717) is 18.3 Å². The second-order valence-corrected chi connectivity index (χ2v) is 11.6. The van der Waals surface area contributed by atoms with Gasteiger partial charge in [0.1, 0.15) is 5.75 Å². The molecule has 4 rings (SSSR count). The molecule has 2 fully saturated rings. The van der Waals surface area contributed by atoms with Crippen LogP contribution in [0.25, 0.3) is 10.9 Å². The molecular weight excluding hydrogens is 460 g/mol. The van der Waals surface area contributed by atoms with Crippen molar-refractivity contribution in [3.05, 3.63) is 36.0 Å².